The van der Waals surface area contributed by atoms with Gasteiger partial charge in [0.05, 0.1) is 59.3 Å². The largest absolute Gasteiger partial charge is 0.420 e. The Kier molecular flexibility index (Phi) is 48.2. The summed E-state index contributed by atoms with van der Waals surface area (Å²) in [5.41, 5.74) is 29.7. The van der Waals surface area contributed by atoms with Gasteiger partial charge in [0.1, 0.15) is 54.4 Å². The van der Waals surface area contributed by atoms with Gasteiger partial charge in [0.15, 0.2) is 35.5 Å². The van der Waals surface area contributed by atoms with Gasteiger partial charge in [-0.05, 0) is 105 Å². The number of carbonyl (C=O) groups excluding carboxylic acids is 13. The molecule has 0 unspecified atom stereocenters. The van der Waals surface area contributed by atoms with E-state index in [1.54, 1.807) is 66.7 Å². The van der Waals surface area contributed by atoms with Crippen LogP contribution in [0.2, 0.25) is 0 Å². The predicted molar refractivity (Wildman–Crippen MR) is 479 cm³/mol. The van der Waals surface area contributed by atoms with E-state index in [0.717, 1.165) is 10.8 Å². The zero-order valence-corrected chi connectivity index (χ0v) is 73.7. The highest BCUT2D eigenvalue weighted by molar-refractivity contribution is 6.00. The second-order valence-corrected chi connectivity index (χ2v) is 30.9. The number of carbonyl (C=O) groups is 13. The van der Waals surface area contributed by atoms with Crippen molar-refractivity contribution >= 4 is 111 Å². The minimum Gasteiger partial charge on any atom is -0.420 e. The van der Waals surface area contributed by atoms with Crippen LogP contribution in [0.3, 0.4) is 0 Å². The summed E-state index contributed by atoms with van der Waals surface area (Å²) in [4.78, 5) is 186. The van der Waals surface area contributed by atoms with Crippen molar-refractivity contribution in [3.8, 4) is 5.75 Å². The van der Waals surface area contributed by atoms with Gasteiger partial charge in [0.25, 0.3) is 0 Å². The number of hydrogen-bond donors (Lipinski definition) is 24. The molecule has 1 saturated heterocycles. The molecule has 0 radical (unpaired) electrons. The average molecular weight is 1870 g/mol. The molecule has 1 aliphatic heterocycles. The molecule has 42 nitrogen and oxygen atoms in total. The molecule has 5 aromatic carbocycles. The summed E-state index contributed by atoms with van der Waals surface area (Å²) in [6, 6.07) is 15.9. The Labute approximate surface area is 765 Å². The van der Waals surface area contributed by atoms with Crippen molar-refractivity contribution in [2.75, 3.05) is 92.1 Å². The van der Waals surface area contributed by atoms with Gasteiger partial charge in [-0.15, -0.1) is 0 Å². The standard InChI is InChI=1S/C87H122F4N24O18/c88-57-51-58(89)73(91)74(72(57)90)133-71(119)31-30-69(117)102-38-40-130-42-44-132-46-45-131-43-41-129-39-32-70(118)107-59(75(92)120)21-9-10-33-101-68(116)29-28-64-80(125)113-65(48-52-15-3-1-4-16-52)82(127)114-66(49-53-17-5-2-6-18-53)83(128)115-67(50-54-26-27-55-19-7-8-20-56(55)47-54)81(126)111-63(25-14-37-106-87(99)100)78(123)109-61(23-12-35-104-85(95)96)76(121)108-60(22-11-34-103-84(93)94)77(122)110-62(79(124)112-64)24-13-36-105-86(97)98/h1-8,15-20,26-27,47,51,59-67H,9-14,21-25,28-46,48-50H2,(H2,92,120)(H,101,116)(H,102,117)(H,107,118)(H,108,121)(H,109,123)(H,110,122)(H,111,126)(H,112,124)(H,113,125)(H,114,127)(H,115,128)(H4,93,94,103)(H4,95,96,104)(H4,97,98,105)(H4,99,100,106)/t59-,60-,61+,62+,63-,64-,65-,66+,67-/m0/s1. The molecule has 0 aliphatic carbocycles. The van der Waals surface area contributed by atoms with Crippen LogP contribution in [0, 0.1) is 44.9 Å². The van der Waals surface area contributed by atoms with E-state index in [1.165, 1.54) is 0 Å². The van der Waals surface area contributed by atoms with Crippen LogP contribution in [0.5, 0.6) is 5.75 Å². The number of guanidine groups is 4. The van der Waals surface area contributed by atoms with Crippen LogP contribution in [0.15, 0.2) is 109 Å². The summed E-state index contributed by atoms with van der Waals surface area (Å²) in [5, 5.41) is 73.2. The van der Waals surface area contributed by atoms with Gasteiger partial charge in [-0.1, -0.05) is 103 Å². The zero-order chi connectivity index (χ0) is 97.0. The lowest BCUT2D eigenvalue weighted by Crippen LogP contribution is -2.62. The number of nitrogens with two attached hydrogens (primary N) is 5. The number of hydrogen-bond acceptors (Lipinski definition) is 22. The van der Waals surface area contributed by atoms with Gasteiger partial charge in [-0.3, -0.25) is 84.0 Å². The molecule has 1 heterocycles. The summed E-state index contributed by atoms with van der Waals surface area (Å²) in [6.45, 7) is 0.855. The van der Waals surface area contributed by atoms with Gasteiger partial charge in [0, 0.05) is 83.9 Å². The minimum absolute atomic E-state index is 0.00324. The van der Waals surface area contributed by atoms with Crippen LogP contribution in [-0.2, 0) is 101 Å². The van der Waals surface area contributed by atoms with Crippen LogP contribution >= 0.6 is 0 Å². The van der Waals surface area contributed by atoms with Crippen LogP contribution < -0.4 is 113 Å². The highest BCUT2D eigenvalue weighted by atomic mass is 19.2. The van der Waals surface area contributed by atoms with Gasteiger partial charge in [-0.2, -0.15) is 8.78 Å². The molecular weight excluding hydrogens is 1750 g/mol. The van der Waals surface area contributed by atoms with Crippen molar-refractivity contribution < 1.29 is 104 Å². The molecule has 726 valence electrons. The summed E-state index contributed by atoms with van der Waals surface area (Å²) in [6.07, 6.45) is -3.06. The van der Waals surface area contributed by atoms with Crippen molar-refractivity contribution in [1.82, 2.24) is 79.8 Å². The molecule has 0 bridgehead atoms. The molecule has 12 amide bonds. The van der Waals surface area contributed by atoms with Crippen molar-refractivity contribution in [2.24, 2.45) is 28.7 Å². The highest BCUT2D eigenvalue weighted by Gasteiger charge is 2.38. The molecule has 5 aromatic rings. The Hall–Kier alpha value is -13.9. The number of nitrogens with one attached hydrogen (secondary N) is 19. The Morgan fingerprint density at radius 3 is 1.10 bits per heavy atom. The molecule has 29 N–H and O–H groups in total. The Morgan fingerprint density at radius 1 is 0.338 bits per heavy atom. The second-order valence-electron chi connectivity index (χ2n) is 30.9. The SMILES string of the molecule is N=C(N)NCCC[C@@H]1NC(=O)[C@H](Cc2ccc3ccccc3c2)NC(=O)[C@@H](Cc2ccccc2)NC(=O)[C@H](Cc2ccccc2)NC(=O)[C@H](CCC(=O)NCCCC[C@H](NC(=O)CCOCCOCCOCCOCCNC(=O)CCC(=O)Oc2c(F)c(F)cc(F)c2F)C(N)=O)NC(=O)[C@@H](CCCNC(=N)N)NC(=O)[C@H](CCCNC(=N)N)NC(=O)[C@@H](CCCNC(=N)N)NC1=O. The van der Waals surface area contributed by atoms with E-state index in [-0.39, 0.29) is 195 Å². The molecule has 46 heteroatoms. The first-order valence-electron chi connectivity index (χ1n) is 43.5. The summed E-state index contributed by atoms with van der Waals surface area (Å²) >= 11 is 0. The quantitative estimate of drug-likeness (QED) is 0.00395. The lowest BCUT2D eigenvalue weighted by molar-refractivity contribution is -0.137. The molecule has 9 atom stereocenters. The number of ether oxygens (including phenoxy) is 5. The fraction of sp³-hybridized carbons (Fsp3) is 0.483. The van der Waals surface area contributed by atoms with E-state index in [4.69, 9.17) is 69.3 Å². The smallest absolute Gasteiger partial charge is 0.311 e. The first-order valence-corrected chi connectivity index (χ1v) is 43.5. The van der Waals surface area contributed by atoms with Crippen LogP contribution in [0.1, 0.15) is 119 Å². The maximum atomic E-state index is 15.4. The third-order valence-corrected chi connectivity index (χ3v) is 20.4. The number of primary amides is 1. The Morgan fingerprint density at radius 2 is 0.684 bits per heavy atom. The van der Waals surface area contributed by atoms with Crippen molar-refractivity contribution in [2.45, 2.75) is 176 Å². The molecule has 133 heavy (non-hydrogen) atoms. The maximum absolute atomic E-state index is 15.4. The van der Waals surface area contributed by atoms with E-state index < -0.39 is 210 Å². The number of benzene rings is 5. The van der Waals surface area contributed by atoms with Crippen LogP contribution in [-0.4, -0.2) is 247 Å². The Bertz CT molecular complexity index is 4700. The number of amides is 12. The number of halogens is 4. The zero-order valence-electron chi connectivity index (χ0n) is 73.7. The molecule has 1 fully saturated rings. The fourth-order valence-corrected chi connectivity index (χ4v) is 13.5. The van der Waals surface area contributed by atoms with Crippen LogP contribution in [0.25, 0.3) is 10.8 Å². The molecule has 1 aliphatic rings. The van der Waals surface area contributed by atoms with Gasteiger partial charge in [0.2, 0.25) is 88.3 Å². The number of unbranched alkanes of at least 4 members (excludes halogenated alkanes) is 1. The van der Waals surface area contributed by atoms with E-state index in [2.05, 4.69) is 84.5 Å². The number of rotatable bonds is 51. The lowest BCUT2D eigenvalue weighted by Gasteiger charge is -2.29. The molecule has 0 aromatic heterocycles. The highest BCUT2D eigenvalue weighted by Crippen LogP contribution is 2.27. The number of fused-ring (bicyclic) bond motifs is 1. The van der Waals surface area contributed by atoms with E-state index in [1.807, 2.05) is 36.4 Å². The lowest BCUT2D eigenvalue weighted by atomic mass is 9.99. The fourth-order valence-electron chi connectivity index (χ4n) is 13.5. The van der Waals surface area contributed by atoms with Gasteiger partial charge >= 0.3 is 5.97 Å². The first-order chi connectivity index (χ1) is 63.7. The topological polar surface area (TPSA) is 674 Å². The third-order valence-electron chi connectivity index (χ3n) is 20.4. The summed E-state index contributed by atoms with van der Waals surface area (Å²) in [5.74, 6) is -22.2. The van der Waals surface area contributed by atoms with E-state index >= 15 is 38.4 Å². The molecule has 6 rings (SSSR count). The normalized spacial score (nSPS) is 17.9. The second kappa shape index (κ2) is 59.4. The Balaban J connectivity index is 1.17. The maximum Gasteiger partial charge on any atom is 0.311 e. The predicted octanol–water partition coefficient (Wildman–Crippen LogP) is -1.64. The average Bonchev–Trinajstić information content (AvgIpc) is 0.826. The van der Waals surface area contributed by atoms with Crippen molar-refractivity contribution in [1.29, 1.82) is 21.6 Å². The molecule has 0 saturated carbocycles. The monoisotopic (exact) mass is 1870 g/mol. The summed E-state index contributed by atoms with van der Waals surface area (Å²) < 4.78 is 80.6. The summed E-state index contributed by atoms with van der Waals surface area (Å²) in [7, 11) is 0. The minimum atomic E-state index is -1.90. The van der Waals surface area contributed by atoms with Gasteiger partial charge in [-0.25, -0.2) is 8.78 Å². The van der Waals surface area contributed by atoms with E-state index in [9.17, 15) is 41.5 Å². The number of esters is 1. The van der Waals surface area contributed by atoms with Crippen molar-refractivity contribution in [3.05, 3.63) is 149 Å². The van der Waals surface area contributed by atoms with E-state index in [0.29, 0.717) is 16.7 Å². The van der Waals surface area contributed by atoms with Crippen LogP contribution in [0.4, 0.5) is 17.6 Å². The molecular formula is C87H122F4N24O18. The van der Waals surface area contributed by atoms with Gasteiger partial charge < -0.3 is 132 Å². The molecule has 0 spiro atoms. The third kappa shape index (κ3) is 42.3. The van der Waals surface area contributed by atoms with Crippen molar-refractivity contribution in [3.63, 3.8) is 0 Å². The first kappa shape index (κ1) is 108.